The number of nitrogens with zero attached hydrogens (tertiary/aromatic N) is 4. The summed E-state index contributed by atoms with van der Waals surface area (Å²) in [4.78, 5) is 17.6. The number of aldehydes is 1. The minimum Gasteiger partial charge on any atom is -0.497 e. The average Bonchev–Trinajstić information content (AvgIpc) is 3.30. The van der Waals surface area contributed by atoms with E-state index in [9.17, 15) is 4.79 Å². The summed E-state index contributed by atoms with van der Waals surface area (Å²) in [7, 11) is 5.42. The summed E-state index contributed by atoms with van der Waals surface area (Å²) in [6, 6.07) is 18.0. The van der Waals surface area contributed by atoms with Gasteiger partial charge in [0.25, 0.3) is 0 Å². The first kappa shape index (κ1) is 21.1. The van der Waals surface area contributed by atoms with Crippen molar-refractivity contribution < 1.29 is 9.53 Å². The molecule has 0 spiro atoms. The lowest BCUT2D eigenvalue weighted by molar-refractivity contribution is 0.111. The van der Waals surface area contributed by atoms with Gasteiger partial charge in [-0.25, -0.2) is 4.98 Å². The van der Waals surface area contributed by atoms with E-state index in [-0.39, 0.29) is 0 Å². The van der Waals surface area contributed by atoms with E-state index in [0.717, 1.165) is 42.7 Å². The minimum atomic E-state index is 0.573. The molecule has 0 aliphatic heterocycles. The molecule has 6 nitrogen and oxygen atoms in total. The van der Waals surface area contributed by atoms with Gasteiger partial charge < -0.3 is 9.30 Å². The van der Waals surface area contributed by atoms with E-state index in [2.05, 4.69) is 17.2 Å². The standard InChI is InChI=1S/C23H22N4O2S2/c1-26(14-16-8-7-9-17(12-16)29-3)24-13-19-20(15-28)27(2)22-21(19)31-23(25-22)30-18-10-5-4-6-11-18/h4-13,15H,14H2,1-3H3/b24-13-. The van der Waals surface area contributed by atoms with Crippen molar-refractivity contribution in [2.24, 2.45) is 12.1 Å². The number of carbonyl (C=O) groups is 1. The summed E-state index contributed by atoms with van der Waals surface area (Å²) in [5.74, 6) is 0.816. The van der Waals surface area contributed by atoms with Crippen LogP contribution in [0.25, 0.3) is 10.3 Å². The Hall–Kier alpha value is -3.10. The summed E-state index contributed by atoms with van der Waals surface area (Å²) in [6.45, 7) is 0.623. The number of hydrogen-bond donors (Lipinski definition) is 0. The topological polar surface area (TPSA) is 59.7 Å². The van der Waals surface area contributed by atoms with Crippen LogP contribution in [-0.4, -0.2) is 41.2 Å². The highest BCUT2D eigenvalue weighted by Gasteiger charge is 2.19. The molecule has 0 aliphatic carbocycles. The second-order valence-electron chi connectivity index (χ2n) is 6.94. The van der Waals surface area contributed by atoms with Crippen LogP contribution in [0.3, 0.4) is 0 Å². The number of benzene rings is 2. The molecular weight excluding hydrogens is 428 g/mol. The SMILES string of the molecule is COc1cccc(CN(C)/N=C\c2c(C=O)n(C)c3nc(Sc4ccccc4)sc23)c1. The predicted molar refractivity (Wildman–Crippen MR) is 127 cm³/mol. The number of fused-ring (bicyclic) bond motifs is 1. The maximum atomic E-state index is 11.8. The number of ether oxygens (including phenoxy) is 1. The molecular formula is C23H22N4O2S2. The van der Waals surface area contributed by atoms with Gasteiger partial charge in [-0.15, -0.1) is 11.3 Å². The molecule has 0 atom stereocenters. The number of hydrogen-bond acceptors (Lipinski definition) is 7. The maximum absolute atomic E-state index is 11.8. The van der Waals surface area contributed by atoms with Gasteiger partial charge in [-0.1, -0.05) is 42.1 Å². The smallest absolute Gasteiger partial charge is 0.167 e. The number of rotatable bonds is 8. The zero-order valence-electron chi connectivity index (χ0n) is 17.5. The summed E-state index contributed by atoms with van der Waals surface area (Å²) < 4.78 is 9.01. The van der Waals surface area contributed by atoms with Gasteiger partial charge in [-0.2, -0.15) is 5.10 Å². The second-order valence-corrected chi connectivity index (χ2v) is 9.25. The maximum Gasteiger partial charge on any atom is 0.167 e. The largest absolute Gasteiger partial charge is 0.497 e. The lowest BCUT2D eigenvalue weighted by Gasteiger charge is -2.13. The summed E-state index contributed by atoms with van der Waals surface area (Å²) in [5, 5.41) is 6.41. The third-order valence-corrected chi connectivity index (χ3v) is 6.93. The van der Waals surface area contributed by atoms with Crippen LogP contribution >= 0.6 is 23.1 Å². The van der Waals surface area contributed by atoms with E-state index in [1.165, 1.54) is 0 Å². The highest BCUT2D eigenvalue weighted by atomic mass is 32.2. The summed E-state index contributed by atoms with van der Waals surface area (Å²) in [6.07, 6.45) is 2.61. The van der Waals surface area contributed by atoms with Crippen molar-refractivity contribution in [2.75, 3.05) is 14.2 Å². The zero-order valence-corrected chi connectivity index (χ0v) is 19.1. The van der Waals surface area contributed by atoms with Gasteiger partial charge in [0.2, 0.25) is 0 Å². The van der Waals surface area contributed by atoms with Crippen LogP contribution in [0.1, 0.15) is 21.6 Å². The molecule has 31 heavy (non-hydrogen) atoms. The number of methoxy groups -OCH3 is 1. The predicted octanol–water partition coefficient (Wildman–Crippen LogP) is 5.07. The van der Waals surface area contributed by atoms with Crippen LogP contribution < -0.4 is 4.74 Å². The number of aryl methyl sites for hydroxylation is 1. The molecule has 0 saturated heterocycles. The Kier molecular flexibility index (Phi) is 6.39. The van der Waals surface area contributed by atoms with Crippen molar-refractivity contribution in [2.45, 2.75) is 15.8 Å². The fourth-order valence-corrected chi connectivity index (χ4v) is 5.42. The van der Waals surface area contributed by atoms with Crippen LogP contribution in [0.5, 0.6) is 5.75 Å². The molecule has 2 aromatic carbocycles. The van der Waals surface area contributed by atoms with E-state index >= 15 is 0 Å². The van der Waals surface area contributed by atoms with Gasteiger partial charge in [0, 0.05) is 24.6 Å². The van der Waals surface area contributed by atoms with E-state index in [1.54, 1.807) is 36.4 Å². The van der Waals surface area contributed by atoms with E-state index in [4.69, 9.17) is 9.72 Å². The van der Waals surface area contributed by atoms with Crippen LogP contribution in [-0.2, 0) is 13.6 Å². The molecule has 0 radical (unpaired) electrons. The van der Waals surface area contributed by atoms with Crippen molar-refractivity contribution in [3.8, 4) is 5.75 Å². The molecule has 0 unspecified atom stereocenters. The Morgan fingerprint density at radius 2 is 2.03 bits per heavy atom. The van der Waals surface area contributed by atoms with Gasteiger partial charge in [0.1, 0.15) is 5.75 Å². The minimum absolute atomic E-state index is 0.573. The Labute approximate surface area is 189 Å². The molecule has 0 amide bonds. The molecule has 2 heterocycles. The molecule has 0 N–H and O–H groups in total. The Morgan fingerprint density at radius 3 is 2.77 bits per heavy atom. The molecule has 2 aromatic heterocycles. The fraction of sp³-hybridized carbons (Fsp3) is 0.174. The van der Waals surface area contributed by atoms with Gasteiger partial charge >= 0.3 is 0 Å². The third-order valence-electron chi connectivity index (χ3n) is 4.78. The lowest BCUT2D eigenvalue weighted by atomic mass is 10.2. The van der Waals surface area contributed by atoms with Gasteiger partial charge in [0.05, 0.1) is 30.3 Å². The molecule has 0 bridgehead atoms. The highest BCUT2D eigenvalue weighted by molar-refractivity contribution is 8.01. The van der Waals surface area contributed by atoms with Gasteiger partial charge in [0.15, 0.2) is 16.3 Å². The quantitative estimate of drug-likeness (QED) is 0.213. The number of carbonyl (C=O) groups excluding carboxylic acids is 1. The van der Waals surface area contributed by atoms with Crippen LogP contribution in [0.2, 0.25) is 0 Å². The third kappa shape index (κ3) is 4.65. The Morgan fingerprint density at radius 1 is 1.23 bits per heavy atom. The van der Waals surface area contributed by atoms with E-state index in [1.807, 2.05) is 66.1 Å². The van der Waals surface area contributed by atoms with Crippen molar-refractivity contribution in [3.05, 3.63) is 71.4 Å². The van der Waals surface area contributed by atoms with Crippen LogP contribution in [0, 0.1) is 0 Å². The summed E-state index contributed by atoms with van der Waals surface area (Å²) in [5.41, 5.74) is 3.25. The number of thiazole rings is 1. The molecule has 158 valence electrons. The number of aromatic nitrogens is 2. The van der Waals surface area contributed by atoms with Crippen molar-refractivity contribution in [3.63, 3.8) is 0 Å². The molecule has 0 fully saturated rings. The van der Waals surface area contributed by atoms with E-state index in [0.29, 0.717) is 12.2 Å². The van der Waals surface area contributed by atoms with Crippen molar-refractivity contribution in [1.29, 1.82) is 0 Å². The fourth-order valence-electron chi connectivity index (χ4n) is 3.24. The van der Waals surface area contributed by atoms with Crippen LogP contribution in [0.4, 0.5) is 0 Å². The second kappa shape index (κ2) is 9.36. The average molecular weight is 451 g/mol. The monoisotopic (exact) mass is 450 g/mol. The normalized spacial score (nSPS) is 11.3. The Bertz CT molecular complexity index is 1230. The first-order valence-electron chi connectivity index (χ1n) is 9.64. The molecule has 4 aromatic rings. The Balaban J connectivity index is 1.60. The van der Waals surface area contributed by atoms with Gasteiger partial charge in [-0.05, 0) is 29.8 Å². The summed E-state index contributed by atoms with van der Waals surface area (Å²) >= 11 is 3.19. The van der Waals surface area contributed by atoms with Crippen LogP contribution in [0.15, 0.2) is 68.9 Å². The molecule has 0 saturated carbocycles. The zero-order chi connectivity index (χ0) is 21.8. The number of hydrazone groups is 1. The highest BCUT2D eigenvalue weighted by Crippen LogP contribution is 2.37. The van der Waals surface area contributed by atoms with Crippen molar-refractivity contribution >= 4 is 45.9 Å². The first-order valence-corrected chi connectivity index (χ1v) is 11.3. The molecule has 0 aliphatic rings. The van der Waals surface area contributed by atoms with Crippen molar-refractivity contribution in [1.82, 2.24) is 14.6 Å². The van der Waals surface area contributed by atoms with E-state index < -0.39 is 0 Å². The first-order chi connectivity index (χ1) is 15.1. The molecule has 8 heteroatoms. The lowest BCUT2D eigenvalue weighted by Crippen LogP contribution is -2.11. The van der Waals surface area contributed by atoms with Gasteiger partial charge in [-0.3, -0.25) is 9.80 Å². The molecule has 4 rings (SSSR count).